The molecule has 0 saturated carbocycles. The lowest BCUT2D eigenvalue weighted by molar-refractivity contribution is -0.135. The quantitative estimate of drug-likeness (QED) is 0.798. The van der Waals surface area contributed by atoms with Crippen LogP contribution in [-0.2, 0) is 9.59 Å². The van der Waals surface area contributed by atoms with E-state index >= 15 is 0 Å². The summed E-state index contributed by atoms with van der Waals surface area (Å²) in [5, 5.41) is 6.27. The molecule has 1 aromatic carbocycles. The smallest absolute Gasteiger partial charge is 0.260 e. The van der Waals surface area contributed by atoms with Crippen molar-refractivity contribution in [3.8, 4) is 5.75 Å². The molecule has 6 nitrogen and oxygen atoms in total. The molecule has 0 aliphatic carbocycles. The van der Waals surface area contributed by atoms with Gasteiger partial charge in [0, 0.05) is 19.6 Å². The van der Waals surface area contributed by atoms with Gasteiger partial charge in [-0.3, -0.25) is 9.59 Å². The van der Waals surface area contributed by atoms with Gasteiger partial charge in [0.15, 0.2) is 6.61 Å². The molecule has 2 amide bonds. The van der Waals surface area contributed by atoms with Crippen molar-refractivity contribution in [2.45, 2.75) is 45.6 Å². The van der Waals surface area contributed by atoms with Gasteiger partial charge in [-0.05, 0) is 75.3 Å². The lowest BCUT2D eigenvalue weighted by Crippen LogP contribution is -2.47. The molecule has 2 N–H and O–H groups in total. The van der Waals surface area contributed by atoms with Crippen LogP contribution in [0.5, 0.6) is 5.75 Å². The molecule has 148 valence electrons. The van der Waals surface area contributed by atoms with E-state index in [4.69, 9.17) is 4.74 Å². The van der Waals surface area contributed by atoms with Crippen LogP contribution >= 0.6 is 0 Å². The Kier molecular flexibility index (Phi) is 6.72. The maximum absolute atomic E-state index is 12.5. The lowest BCUT2D eigenvalue weighted by Gasteiger charge is -2.33. The summed E-state index contributed by atoms with van der Waals surface area (Å²) >= 11 is 0. The molecule has 2 atom stereocenters. The molecule has 2 aliphatic heterocycles. The highest BCUT2D eigenvalue weighted by Crippen LogP contribution is 2.18. The third kappa shape index (κ3) is 5.45. The van der Waals surface area contributed by atoms with Crippen LogP contribution in [0.1, 0.15) is 36.8 Å². The zero-order valence-electron chi connectivity index (χ0n) is 16.4. The first-order chi connectivity index (χ1) is 13.0. The van der Waals surface area contributed by atoms with E-state index in [1.807, 2.05) is 30.0 Å². The molecular formula is C21H31N3O3. The van der Waals surface area contributed by atoms with Gasteiger partial charge in [-0.25, -0.2) is 0 Å². The molecule has 2 unspecified atom stereocenters. The van der Waals surface area contributed by atoms with Gasteiger partial charge in [0.1, 0.15) is 5.75 Å². The third-order valence-electron chi connectivity index (χ3n) is 5.65. The number of benzene rings is 1. The molecule has 6 heteroatoms. The molecule has 0 aromatic heterocycles. The highest BCUT2D eigenvalue weighted by atomic mass is 16.5. The molecule has 2 aliphatic rings. The number of likely N-dealkylation sites (tertiary alicyclic amines) is 1. The van der Waals surface area contributed by atoms with Gasteiger partial charge in [0.25, 0.3) is 5.91 Å². The maximum atomic E-state index is 12.5. The molecule has 0 spiro atoms. The minimum absolute atomic E-state index is 0.0155. The Bertz CT molecular complexity index is 671. The van der Waals surface area contributed by atoms with Gasteiger partial charge in [-0.1, -0.05) is 6.07 Å². The number of nitrogens with one attached hydrogen (secondary N) is 2. The second-order valence-corrected chi connectivity index (χ2v) is 7.78. The largest absolute Gasteiger partial charge is 0.484 e. The molecule has 2 heterocycles. The van der Waals surface area contributed by atoms with Gasteiger partial charge in [0.2, 0.25) is 5.91 Å². The van der Waals surface area contributed by atoms with Crippen molar-refractivity contribution in [2.24, 2.45) is 5.92 Å². The Balaban J connectivity index is 1.43. The minimum Gasteiger partial charge on any atom is -0.484 e. The predicted octanol–water partition coefficient (Wildman–Crippen LogP) is 1.79. The van der Waals surface area contributed by atoms with Crippen molar-refractivity contribution in [3.05, 3.63) is 29.3 Å². The SMILES string of the molecule is Cc1ccc(OCC(=O)N2CCCC(CNC(=O)C3CCCN3)C2)cc1C. The van der Waals surface area contributed by atoms with Crippen molar-refractivity contribution in [3.63, 3.8) is 0 Å². The zero-order valence-corrected chi connectivity index (χ0v) is 16.4. The normalized spacial score (nSPS) is 22.5. The van der Waals surface area contributed by atoms with Crippen LogP contribution in [0.2, 0.25) is 0 Å². The number of carbonyl (C=O) groups excluding carboxylic acids is 2. The van der Waals surface area contributed by atoms with E-state index in [0.29, 0.717) is 19.0 Å². The van der Waals surface area contributed by atoms with Crippen LogP contribution in [0.3, 0.4) is 0 Å². The van der Waals surface area contributed by atoms with E-state index in [1.54, 1.807) is 0 Å². The van der Waals surface area contributed by atoms with Crippen molar-refractivity contribution in [1.82, 2.24) is 15.5 Å². The Hall–Kier alpha value is -2.08. The molecule has 2 saturated heterocycles. The van der Waals surface area contributed by atoms with Gasteiger partial charge in [-0.15, -0.1) is 0 Å². The first-order valence-corrected chi connectivity index (χ1v) is 10.0. The van der Waals surface area contributed by atoms with Crippen LogP contribution in [0.4, 0.5) is 0 Å². The van der Waals surface area contributed by atoms with Gasteiger partial charge >= 0.3 is 0 Å². The average molecular weight is 373 g/mol. The van der Waals surface area contributed by atoms with Gasteiger partial charge < -0.3 is 20.3 Å². The van der Waals surface area contributed by atoms with E-state index in [1.165, 1.54) is 5.56 Å². The van der Waals surface area contributed by atoms with E-state index in [-0.39, 0.29) is 24.5 Å². The van der Waals surface area contributed by atoms with Crippen molar-refractivity contribution >= 4 is 11.8 Å². The lowest BCUT2D eigenvalue weighted by atomic mass is 9.97. The number of rotatable bonds is 6. The summed E-state index contributed by atoms with van der Waals surface area (Å²) in [6, 6.07) is 5.83. The summed E-state index contributed by atoms with van der Waals surface area (Å²) in [6.45, 7) is 7.17. The first kappa shape index (κ1) is 19.7. The fourth-order valence-corrected chi connectivity index (χ4v) is 3.77. The number of carbonyl (C=O) groups is 2. The summed E-state index contributed by atoms with van der Waals surface area (Å²) < 4.78 is 5.69. The number of amides is 2. The van der Waals surface area contributed by atoms with E-state index in [9.17, 15) is 9.59 Å². The Morgan fingerprint density at radius 3 is 2.81 bits per heavy atom. The fourth-order valence-electron chi connectivity index (χ4n) is 3.77. The molecule has 0 radical (unpaired) electrons. The third-order valence-corrected chi connectivity index (χ3v) is 5.65. The summed E-state index contributed by atoms with van der Waals surface area (Å²) in [5.74, 6) is 1.15. The molecule has 1 aromatic rings. The van der Waals surface area contributed by atoms with Crippen LogP contribution in [-0.4, -0.2) is 55.5 Å². The Morgan fingerprint density at radius 2 is 2.07 bits per heavy atom. The van der Waals surface area contributed by atoms with Crippen LogP contribution < -0.4 is 15.4 Å². The van der Waals surface area contributed by atoms with E-state index in [2.05, 4.69) is 17.6 Å². The number of ether oxygens (including phenoxy) is 1. The van der Waals surface area contributed by atoms with Gasteiger partial charge in [-0.2, -0.15) is 0 Å². The van der Waals surface area contributed by atoms with Crippen LogP contribution in [0.25, 0.3) is 0 Å². The molecular weight excluding hydrogens is 342 g/mol. The molecule has 0 bridgehead atoms. The Labute approximate surface area is 161 Å². The van der Waals surface area contributed by atoms with E-state index < -0.39 is 0 Å². The zero-order chi connectivity index (χ0) is 19.2. The standard InChI is InChI=1S/C21H31N3O3/c1-15-7-8-18(11-16(15)2)27-14-20(25)24-10-4-5-17(13-24)12-23-21(26)19-6-3-9-22-19/h7-8,11,17,19,22H,3-6,9-10,12-14H2,1-2H3,(H,23,26). The minimum atomic E-state index is -0.0438. The monoisotopic (exact) mass is 373 g/mol. The average Bonchev–Trinajstić information content (AvgIpc) is 3.22. The highest BCUT2D eigenvalue weighted by Gasteiger charge is 2.26. The maximum Gasteiger partial charge on any atom is 0.260 e. The summed E-state index contributed by atoms with van der Waals surface area (Å²) in [6.07, 6.45) is 3.99. The number of hydrogen-bond donors (Lipinski definition) is 2. The van der Waals surface area contributed by atoms with Crippen LogP contribution in [0.15, 0.2) is 18.2 Å². The first-order valence-electron chi connectivity index (χ1n) is 10.0. The predicted molar refractivity (Wildman–Crippen MR) is 105 cm³/mol. The fraction of sp³-hybridized carbons (Fsp3) is 0.619. The Morgan fingerprint density at radius 1 is 1.22 bits per heavy atom. The second kappa shape index (κ2) is 9.22. The number of hydrogen-bond acceptors (Lipinski definition) is 4. The number of nitrogens with zero attached hydrogens (tertiary/aromatic N) is 1. The number of aryl methyl sites for hydroxylation is 2. The van der Waals surface area contributed by atoms with E-state index in [0.717, 1.165) is 50.1 Å². The van der Waals surface area contributed by atoms with Gasteiger partial charge in [0.05, 0.1) is 6.04 Å². The molecule has 27 heavy (non-hydrogen) atoms. The summed E-state index contributed by atoms with van der Waals surface area (Å²) in [5.41, 5.74) is 2.37. The topological polar surface area (TPSA) is 70.7 Å². The second-order valence-electron chi connectivity index (χ2n) is 7.78. The highest BCUT2D eigenvalue weighted by molar-refractivity contribution is 5.82. The van der Waals surface area contributed by atoms with Crippen molar-refractivity contribution in [2.75, 3.05) is 32.8 Å². The van der Waals surface area contributed by atoms with Crippen molar-refractivity contribution in [1.29, 1.82) is 0 Å². The van der Waals surface area contributed by atoms with Crippen LogP contribution in [0, 0.1) is 19.8 Å². The molecule has 3 rings (SSSR count). The summed E-state index contributed by atoms with van der Waals surface area (Å²) in [4.78, 5) is 26.5. The number of piperidine rings is 1. The summed E-state index contributed by atoms with van der Waals surface area (Å²) in [7, 11) is 0. The molecule has 2 fully saturated rings. The van der Waals surface area contributed by atoms with Crippen molar-refractivity contribution < 1.29 is 14.3 Å².